The zero-order chi connectivity index (χ0) is 7.56. The van der Waals surface area contributed by atoms with Gasteiger partial charge in [-0.1, -0.05) is 6.92 Å². The van der Waals surface area contributed by atoms with Crippen molar-refractivity contribution in [2.75, 3.05) is 0 Å². The Balaban J connectivity index is 2.38. The Hall–Kier alpha value is -0.305. The summed E-state index contributed by atoms with van der Waals surface area (Å²) in [4.78, 5) is 10.1. The fraction of sp³-hybridized carbons (Fsp3) is 0.857. The predicted molar refractivity (Wildman–Crippen MR) is 38.9 cm³/mol. The van der Waals surface area contributed by atoms with Gasteiger partial charge in [0.15, 0.2) is 0 Å². The highest BCUT2D eigenvalue weighted by atomic mass is 16.5. The molecule has 0 aromatic carbocycles. The number of carbonyl (C=O) groups is 1. The molecule has 0 amide bonds. The highest BCUT2D eigenvalue weighted by Crippen LogP contribution is 2.25. The molecular formula is C7H11BO2. The van der Waals surface area contributed by atoms with Gasteiger partial charge in [-0.3, -0.25) is 0 Å². The van der Waals surface area contributed by atoms with Crippen molar-refractivity contribution >= 4 is 14.1 Å². The first-order valence-electron chi connectivity index (χ1n) is 3.58. The van der Waals surface area contributed by atoms with Gasteiger partial charge in [0.2, 0.25) is 0 Å². The molecule has 3 atom stereocenters. The molecule has 1 aliphatic rings. The van der Waals surface area contributed by atoms with Crippen molar-refractivity contribution in [3.8, 4) is 0 Å². The lowest BCUT2D eigenvalue weighted by molar-refractivity contribution is -0.110. The lowest BCUT2D eigenvalue weighted by Crippen LogP contribution is -2.14. The standard InChI is InChI=1S/C7H11BO2/c1-5-4-7(8)10-6(5)2-3-9/h3,5-7H,2,4H2,1H3/t5-,6-,7-/m1/s1. The molecule has 1 heterocycles. The maximum atomic E-state index is 10.1. The second-order valence-corrected chi connectivity index (χ2v) is 2.83. The first-order valence-corrected chi connectivity index (χ1v) is 3.58. The molecule has 1 fully saturated rings. The SMILES string of the molecule is [B][C@H]1C[C@@H](C)[C@@H](CC=O)O1. The van der Waals surface area contributed by atoms with E-state index in [0.717, 1.165) is 12.7 Å². The van der Waals surface area contributed by atoms with Crippen LogP contribution in [0.4, 0.5) is 0 Å². The summed E-state index contributed by atoms with van der Waals surface area (Å²) in [7, 11) is 5.51. The summed E-state index contributed by atoms with van der Waals surface area (Å²) >= 11 is 0. The molecule has 0 unspecified atom stereocenters. The summed E-state index contributed by atoms with van der Waals surface area (Å²) < 4.78 is 5.26. The zero-order valence-electron chi connectivity index (χ0n) is 6.12. The first kappa shape index (κ1) is 7.80. The van der Waals surface area contributed by atoms with Crippen LogP contribution in [0.1, 0.15) is 19.8 Å². The van der Waals surface area contributed by atoms with Crippen LogP contribution in [0.25, 0.3) is 0 Å². The number of carbonyl (C=O) groups excluding carboxylic acids is 1. The van der Waals surface area contributed by atoms with E-state index < -0.39 is 0 Å². The molecule has 1 rings (SSSR count). The molecule has 2 nitrogen and oxygen atoms in total. The maximum absolute atomic E-state index is 10.1. The van der Waals surface area contributed by atoms with E-state index in [2.05, 4.69) is 6.92 Å². The zero-order valence-corrected chi connectivity index (χ0v) is 6.12. The Bertz CT molecular complexity index is 127. The number of rotatable bonds is 2. The van der Waals surface area contributed by atoms with E-state index in [1.165, 1.54) is 0 Å². The van der Waals surface area contributed by atoms with Crippen molar-refractivity contribution in [3.05, 3.63) is 0 Å². The molecule has 3 heteroatoms. The largest absolute Gasteiger partial charge is 0.384 e. The van der Waals surface area contributed by atoms with E-state index in [1.54, 1.807) is 0 Å². The molecule has 0 aromatic heterocycles. The Kier molecular flexibility index (Phi) is 2.49. The van der Waals surface area contributed by atoms with Crippen LogP contribution in [0.5, 0.6) is 0 Å². The molecule has 54 valence electrons. The highest BCUT2D eigenvalue weighted by Gasteiger charge is 2.28. The van der Waals surface area contributed by atoms with E-state index in [9.17, 15) is 4.79 Å². The second-order valence-electron chi connectivity index (χ2n) is 2.83. The van der Waals surface area contributed by atoms with Crippen LogP contribution in [0.3, 0.4) is 0 Å². The molecule has 2 radical (unpaired) electrons. The average Bonchev–Trinajstić information content (AvgIpc) is 2.13. The predicted octanol–water partition coefficient (Wildman–Crippen LogP) is 0.495. The van der Waals surface area contributed by atoms with E-state index in [-0.39, 0.29) is 12.1 Å². The number of aldehydes is 1. The lowest BCUT2D eigenvalue weighted by atomic mass is 9.91. The third-order valence-corrected chi connectivity index (χ3v) is 1.92. The summed E-state index contributed by atoms with van der Waals surface area (Å²) in [6.07, 6.45) is 2.31. The van der Waals surface area contributed by atoms with Crippen molar-refractivity contribution in [3.63, 3.8) is 0 Å². The van der Waals surface area contributed by atoms with Gasteiger partial charge < -0.3 is 9.53 Å². The minimum atomic E-state index is -0.153. The maximum Gasteiger partial charge on any atom is 0.122 e. The fourth-order valence-electron chi connectivity index (χ4n) is 1.32. The first-order chi connectivity index (χ1) is 4.74. The van der Waals surface area contributed by atoms with Gasteiger partial charge in [-0.2, -0.15) is 0 Å². The van der Waals surface area contributed by atoms with E-state index >= 15 is 0 Å². The quantitative estimate of drug-likeness (QED) is 0.410. The lowest BCUT2D eigenvalue weighted by Gasteiger charge is -2.10. The minimum Gasteiger partial charge on any atom is -0.384 e. The average molecular weight is 138 g/mol. The molecule has 0 spiro atoms. The summed E-state index contributed by atoms with van der Waals surface area (Å²) in [5.41, 5.74) is 0. The van der Waals surface area contributed by atoms with Gasteiger partial charge >= 0.3 is 0 Å². The van der Waals surface area contributed by atoms with Gasteiger partial charge in [-0.05, 0) is 12.3 Å². The summed E-state index contributed by atoms with van der Waals surface area (Å²) in [6.45, 7) is 2.06. The molecule has 0 aromatic rings. The Morgan fingerprint density at radius 1 is 1.80 bits per heavy atom. The van der Waals surface area contributed by atoms with Crippen LogP contribution in [-0.2, 0) is 9.53 Å². The van der Waals surface area contributed by atoms with Gasteiger partial charge in [-0.15, -0.1) is 0 Å². The summed E-state index contributed by atoms with van der Waals surface area (Å²) in [5.74, 6) is 0.431. The van der Waals surface area contributed by atoms with Crippen LogP contribution in [0.2, 0.25) is 0 Å². The third kappa shape index (κ3) is 1.60. The van der Waals surface area contributed by atoms with Crippen molar-refractivity contribution in [1.29, 1.82) is 0 Å². The normalized spacial score (nSPS) is 39.9. The van der Waals surface area contributed by atoms with Crippen molar-refractivity contribution < 1.29 is 9.53 Å². The van der Waals surface area contributed by atoms with E-state index in [0.29, 0.717) is 12.3 Å². The molecule has 0 aliphatic carbocycles. The van der Waals surface area contributed by atoms with Crippen molar-refractivity contribution in [1.82, 2.24) is 0 Å². The summed E-state index contributed by atoms with van der Waals surface area (Å²) in [5, 5.41) is 0. The van der Waals surface area contributed by atoms with Crippen LogP contribution in [0.15, 0.2) is 0 Å². The van der Waals surface area contributed by atoms with Crippen molar-refractivity contribution in [2.45, 2.75) is 31.9 Å². The molecule has 1 aliphatic heterocycles. The van der Waals surface area contributed by atoms with E-state index in [4.69, 9.17) is 12.6 Å². The molecule has 0 N–H and O–H groups in total. The number of hydrogen-bond acceptors (Lipinski definition) is 2. The van der Waals surface area contributed by atoms with E-state index in [1.807, 2.05) is 0 Å². The monoisotopic (exact) mass is 138 g/mol. The Labute approximate surface area is 62.3 Å². The molecule has 1 saturated heterocycles. The minimum absolute atomic E-state index is 0.0625. The van der Waals surface area contributed by atoms with Crippen LogP contribution < -0.4 is 0 Å². The molecule has 0 bridgehead atoms. The molecule has 0 saturated carbocycles. The molecular weight excluding hydrogens is 127 g/mol. The van der Waals surface area contributed by atoms with Gasteiger partial charge in [-0.25, -0.2) is 0 Å². The van der Waals surface area contributed by atoms with Crippen LogP contribution in [0, 0.1) is 5.92 Å². The van der Waals surface area contributed by atoms with Gasteiger partial charge in [0, 0.05) is 12.4 Å². The van der Waals surface area contributed by atoms with Gasteiger partial charge in [0.05, 0.1) is 6.10 Å². The van der Waals surface area contributed by atoms with Crippen LogP contribution >= 0.6 is 0 Å². The Morgan fingerprint density at radius 3 is 2.90 bits per heavy atom. The number of ether oxygens (including phenoxy) is 1. The van der Waals surface area contributed by atoms with Crippen LogP contribution in [-0.4, -0.2) is 26.2 Å². The Morgan fingerprint density at radius 2 is 2.50 bits per heavy atom. The fourth-order valence-corrected chi connectivity index (χ4v) is 1.32. The smallest absolute Gasteiger partial charge is 0.122 e. The third-order valence-electron chi connectivity index (χ3n) is 1.92. The topological polar surface area (TPSA) is 26.3 Å². The van der Waals surface area contributed by atoms with Gasteiger partial charge in [0.1, 0.15) is 14.1 Å². The van der Waals surface area contributed by atoms with Crippen molar-refractivity contribution in [2.24, 2.45) is 5.92 Å². The second kappa shape index (κ2) is 3.19. The highest BCUT2D eigenvalue weighted by molar-refractivity contribution is 6.11. The molecule has 10 heavy (non-hydrogen) atoms. The number of hydrogen-bond donors (Lipinski definition) is 0. The summed E-state index contributed by atoms with van der Waals surface area (Å²) in [6, 6.07) is -0.153. The van der Waals surface area contributed by atoms with Gasteiger partial charge in [0.25, 0.3) is 0 Å².